The standard InChI is InChI=1S/C16H16FN5O/c1-12-6-7-21(20-12)11-16(23)19-15-8-18-22(10-15)9-13-2-4-14(17)5-3-13/h2-8,10H,9,11H2,1H3,(H,19,23). The molecule has 3 aromatic rings. The SMILES string of the molecule is Cc1ccn(CC(=O)Nc2cnn(Cc3ccc(F)cc3)c2)n1. The van der Waals surface area contributed by atoms with Crippen molar-refractivity contribution in [2.45, 2.75) is 20.0 Å². The van der Waals surface area contributed by atoms with Crippen molar-refractivity contribution in [3.8, 4) is 0 Å². The molecule has 23 heavy (non-hydrogen) atoms. The van der Waals surface area contributed by atoms with E-state index in [0.29, 0.717) is 12.2 Å². The molecule has 1 aromatic carbocycles. The van der Waals surface area contributed by atoms with E-state index in [1.807, 2.05) is 13.0 Å². The normalized spacial score (nSPS) is 10.7. The van der Waals surface area contributed by atoms with E-state index in [9.17, 15) is 9.18 Å². The minimum Gasteiger partial charge on any atom is -0.322 e. The zero-order valence-corrected chi connectivity index (χ0v) is 12.6. The third-order valence-electron chi connectivity index (χ3n) is 3.25. The molecule has 1 amide bonds. The van der Waals surface area contributed by atoms with Crippen LogP contribution in [0.5, 0.6) is 0 Å². The quantitative estimate of drug-likeness (QED) is 0.785. The number of hydrogen-bond donors (Lipinski definition) is 1. The smallest absolute Gasteiger partial charge is 0.246 e. The van der Waals surface area contributed by atoms with Gasteiger partial charge in [-0.1, -0.05) is 12.1 Å². The molecule has 6 nitrogen and oxygen atoms in total. The molecule has 0 bridgehead atoms. The summed E-state index contributed by atoms with van der Waals surface area (Å²) in [6.07, 6.45) is 5.07. The molecule has 2 aromatic heterocycles. The molecular weight excluding hydrogens is 297 g/mol. The first-order valence-corrected chi connectivity index (χ1v) is 7.15. The number of carbonyl (C=O) groups excluding carboxylic acids is 1. The van der Waals surface area contributed by atoms with Gasteiger partial charge in [0.15, 0.2) is 0 Å². The number of nitrogens with one attached hydrogen (secondary N) is 1. The van der Waals surface area contributed by atoms with Gasteiger partial charge in [0, 0.05) is 12.4 Å². The number of nitrogens with zero attached hydrogens (tertiary/aromatic N) is 4. The third kappa shape index (κ3) is 4.03. The molecule has 3 rings (SSSR count). The van der Waals surface area contributed by atoms with Gasteiger partial charge in [0.1, 0.15) is 12.4 Å². The Labute approximate surface area is 132 Å². The Hall–Kier alpha value is -2.96. The molecule has 2 heterocycles. The molecule has 0 aliphatic carbocycles. The highest BCUT2D eigenvalue weighted by molar-refractivity contribution is 5.90. The number of aryl methyl sites for hydroxylation is 1. The first-order chi connectivity index (χ1) is 11.1. The van der Waals surface area contributed by atoms with Gasteiger partial charge in [-0.25, -0.2) is 4.39 Å². The fourth-order valence-corrected chi connectivity index (χ4v) is 2.19. The molecule has 0 radical (unpaired) electrons. The van der Waals surface area contributed by atoms with Crippen molar-refractivity contribution in [3.05, 3.63) is 66.0 Å². The summed E-state index contributed by atoms with van der Waals surface area (Å²) in [5, 5.41) is 11.1. The summed E-state index contributed by atoms with van der Waals surface area (Å²) in [6.45, 7) is 2.53. The Balaban J connectivity index is 1.58. The van der Waals surface area contributed by atoms with Crippen LogP contribution in [0.15, 0.2) is 48.9 Å². The molecule has 0 unspecified atom stereocenters. The first-order valence-electron chi connectivity index (χ1n) is 7.15. The summed E-state index contributed by atoms with van der Waals surface area (Å²) in [5.74, 6) is -0.439. The minimum atomic E-state index is -0.268. The van der Waals surface area contributed by atoms with Gasteiger partial charge in [-0.3, -0.25) is 14.2 Å². The Bertz CT molecular complexity index is 806. The van der Waals surface area contributed by atoms with Crippen molar-refractivity contribution in [3.63, 3.8) is 0 Å². The predicted octanol–water partition coefficient (Wildman–Crippen LogP) is 2.21. The lowest BCUT2D eigenvalue weighted by atomic mass is 10.2. The molecule has 1 N–H and O–H groups in total. The highest BCUT2D eigenvalue weighted by Gasteiger charge is 2.07. The fraction of sp³-hybridized carbons (Fsp3) is 0.188. The van der Waals surface area contributed by atoms with E-state index in [1.165, 1.54) is 12.1 Å². The van der Waals surface area contributed by atoms with Crippen LogP contribution in [0.25, 0.3) is 0 Å². The average Bonchev–Trinajstić information content (AvgIpc) is 3.11. The Morgan fingerprint density at radius 1 is 1.22 bits per heavy atom. The number of rotatable bonds is 5. The van der Waals surface area contributed by atoms with Crippen LogP contribution in [-0.4, -0.2) is 25.5 Å². The van der Waals surface area contributed by atoms with E-state index >= 15 is 0 Å². The van der Waals surface area contributed by atoms with E-state index in [2.05, 4.69) is 15.5 Å². The highest BCUT2D eigenvalue weighted by Crippen LogP contribution is 2.09. The molecule has 118 valence electrons. The second-order valence-electron chi connectivity index (χ2n) is 5.26. The van der Waals surface area contributed by atoms with E-state index in [0.717, 1.165) is 11.3 Å². The second kappa shape index (κ2) is 6.43. The third-order valence-corrected chi connectivity index (χ3v) is 3.25. The van der Waals surface area contributed by atoms with E-state index < -0.39 is 0 Å². The lowest BCUT2D eigenvalue weighted by Gasteiger charge is -2.03. The Morgan fingerprint density at radius 3 is 2.70 bits per heavy atom. The maximum Gasteiger partial charge on any atom is 0.246 e. The Kier molecular flexibility index (Phi) is 4.18. The van der Waals surface area contributed by atoms with Gasteiger partial charge in [-0.05, 0) is 30.7 Å². The summed E-state index contributed by atoms with van der Waals surface area (Å²) in [5.41, 5.74) is 2.41. The summed E-state index contributed by atoms with van der Waals surface area (Å²) < 4.78 is 16.1. The highest BCUT2D eigenvalue weighted by atomic mass is 19.1. The van der Waals surface area contributed by atoms with E-state index in [1.54, 1.807) is 40.1 Å². The zero-order valence-electron chi connectivity index (χ0n) is 12.6. The van der Waals surface area contributed by atoms with E-state index in [-0.39, 0.29) is 18.3 Å². The van der Waals surface area contributed by atoms with Gasteiger partial charge in [0.2, 0.25) is 5.91 Å². The van der Waals surface area contributed by atoms with Gasteiger partial charge in [0.25, 0.3) is 0 Å². The number of anilines is 1. The van der Waals surface area contributed by atoms with Gasteiger partial charge in [-0.15, -0.1) is 0 Å². The van der Waals surface area contributed by atoms with Crippen LogP contribution in [0, 0.1) is 12.7 Å². The van der Waals surface area contributed by atoms with Crippen LogP contribution in [-0.2, 0) is 17.9 Å². The van der Waals surface area contributed by atoms with Crippen LogP contribution >= 0.6 is 0 Å². The first kappa shape index (κ1) is 15.0. The van der Waals surface area contributed by atoms with Crippen molar-refractivity contribution in [1.82, 2.24) is 19.6 Å². The summed E-state index contributed by atoms with van der Waals surface area (Å²) >= 11 is 0. The largest absolute Gasteiger partial charge is 0.322 e. The molecule has 0 atom stereocenters. The fourth-order valence-electron chi connectivity index (χ4n) is 2.19. The van der Waals surface area contributed by atoms with Crippen LogP contribution in [0.2, 0.25) is 0 Å². The summed E-state index contributed by atoms with van der Waals surface area (Å²) in [6, 6.07) is 8.07. The number of amides is 1. The van der Waals surface area contributed by atoms with Gasteiger partial charge >= 0.3 is 0 Å². The van der Waals surface area contributed by atoms with E-state index in [4.69, 9.17) is 0 Å². The number of benzene rings is 1. The lowest BCUT2D eigenvalue weighted by molar-refractivity contribution is -0.116. The van der Waals surface area contributed by atoms with Crippen LogP contribution in [0.3, 0.4) is 0 Å². The Morgan fingerprint density at radius 2 is 2.00 bits per heavy atom. The number of aromatic nitrogens is 4. The molecule has 0 aliphatic rings. The molecule has 0 aliphatic heterocycles. The summed E-state index contributed by atoms with van der Waals surface area (Å²) in [7, 11) is 0. The number of hydrogen-bond acceptors (Lipinski definition) is 3. The van der Waals surface area contributed by atoms with Gasteiger partial charge in [-0.2, -0.15) is 10.2 Å². The van der Waals surface area contributed by atoms with Crippen molar-refractivity contribution in [1.29, 1.82) is 0 Å². The van der Waals surface area contributed by atoms with Crippen molar-refractivity contribution in [2.75, 3.05) is 5.32 Å². The molecule has 0 spiro atoms. The molecular formula is C16H16FN5O. The van der Waals surface area contributed by atoms with Crippen LogP contribution < -0.4 is 5.32 Å². The van der Waals surface area contributed by atoms with Crippen molar-refractivity contribution in [2.24, 2.45) is 0 Å². The molecule has 0 saturated heterocycles. The molecule has 0 saturated carbocycles. The van der Waals surface area contributed by atoms with Crippen LogP contribution in [0.4, 0.5) is 10.1 Å². The lowest BCUT2D eigenvalue weighted by Crippen LogP contribution is -2.18. The predicted molar refractivity (Wildman–Crippen MR) is 83.3 cm³/mol. The topological polar surface area (TPSA) is 64.7 Å². The van der Waals surface area contributed by atoms with Gasteiger partial charge < -0.3 is 5.32 Å². The van der Waals surface area contributed by atoms with Crippen molar-refractivity contribution >= 4 is 11.6 Å². The summed E-state index contributed by atoms with van der Waals surface area (Å²) in [4.78, 5) is 11.9. The maximum absolute atomic E-state index is 12.9. The minimum absolute atomic E-state index is 0.150. The van der Waals surface area contributed by atoms with Gasteiger partial charge in [0.05, 0.1) is 24.1 Å². The average molecular weight is 313 g/mol. The maximum atomic E-state index is 12.9. The molecule has 0 fully saturated rings. The van der Waals surface area contributed by atoms with Crippen LogP contribution in [0.1, 0.15) is 11.3 Å². The van der Waals surface area contributed by atoms with Crippen molar-refractivity contribution < 1.29 is 9.18 Å². The number of carbonyl (C=O) groups is 1. The number of halogens is 1. The molecule has 7 heteroatoms. The monoisotopic (exact) mass is 313 g/mol. The zero-order chi connectivity index (χ0) is 16.2. The second-order valence-corrected chi connectivity index (χ2v) is 5.26.